The summed E-state index contributed by atoms with van der Waals surface area (Å²) in [5.74, 6) is 0. The summed E-state index contributed by atoms with van der Waals surface area (Å²) >= 11 is 9.20. The van der Waals surface area contributed by atoms with Crippen LogP contribution in [-0.4, -0.2) is 12.0 Å². The van der Waals surface area contributed by atoms with Gasteiger partial charge in [-0.3, -0.25) is 0 Å². The van der Waals surface area contributed by atoms with Crippen LogP contribution in [-0.2, 0) is 5.41 Å². The van der Waals surface area contributed by atoms with Crippen LogP contribution < -0.4 is 5.32 Å². The van der Waals surface area contributed by atoms with Crippen LogP contribution in [0.5, 0.6) is 0 Å². The minimum absolute atomic E-state index is 0.137. The van der Waals surface area contributed by atoms with Gasteiger partial charge in [0.15, 0.2) is 0 Å². The van der Waals surface area contributed by atoms with E-state index >= 15 is 0 Å². The molecule has 0 amide bonds. The fourth-order valence-electron chi connectivity index (χ4n) is 1.36. The van der Waals surface area contributed by atoms with E-state index in [0.29, 0.717) is 0 Å². The molecular formula is C11H15BrClN. The minimum atomic E-state index is 0.137. The standard InChI is InChI=1S/C11H15BrClN/c1-11(2,7-14-8-12)9-3-5-10(13)6-4-9/h3-6,14H,7-8H2,1-2H3. The van der Waals surface area contributed by atoms with Crippen LogP contribution in [0.2, 0.25) is 5.02 Å². The van der Waals surface area contributed by atoms with E-state index in [1.807, 2.05) is 12.1 Å². The number of nitrogens with one attached hydrogen (secondary N) is 1. The van der Waals surface area contributed by atoms with Gasteiger partial charge in [-0.1, -0.05) is 53.5 Å². The van der Waals surface area contributed by atoms with Gasteiger partial charge in [-0.05, 0) is 17.7 Å². The first-order valence-electron chi connectivity index (χ1n) is 4.59. The van der Waals surface area contributed by atoms with E-state index in [0.717, 1.165) is 17.0 Å². The summed E-state index contributed by atoms with van der Waals surface area (Å²) in [5, 5.41) is 4.08. The molecule has 0 atom stereocenters. The predicted molar refractivity (Wildman–Crippen MR) is 66.3 cm³/mol. The quantitative estimate of drug-likeness (QED) is 0.655. The normalized spacial score (nSPS) is 11.7. The van der Waals surface area contributed by atoms with Crippen molar-refractivity contribution in [1.82, 2.24) is 5.32 Å². The Morgan fingerprint density at radius 1 is 1.29 bits per heavy atom. The van der Waals surface area contributed by atoms with Crippen LogP contribution in [0, 0.1) is 0 Å². The summed E-state index contributed by atoms with van der Waals surface area (Å²) in [5.41, 5.74) is 2.26. The third-order valence-corrected chi connectivity index (χ3v) is 2.94. The van der Waals surface area contributed by atoms with Crippen LogP contribution in [0.3, 0.4) is 0 Å². The van der Waals surface area contributed by atoms with Crippen molar-refractivity contribution in [2.45, 2.75) is 19.3 Å². The van der Waals surface area contributed by atoms with E-state index in [4.69, 9.17) is 11.6 Å². The molecule has 0 heterocycles. The molecule has 0 unspecified atom stereocenters. The monoisotopic (exact) mass is 275 g/mol. The summed E-state index contributed by atoms with van der Waals surface area (Å²) in [6.45, 7) is 5.37. The molecule has 0 fully saturated rings. The lowest BCUT2D eigenvalue weighted by atomic mass is 9.85. The number of hydrogen-bond donors (Lipinski definition) is 1. The lowest BCUT2D eigenvalue weighted by Gasteiger charge is -2.25. The van der Waals surface area contributed by atoms with E-state index in [1.54, 1.807) is 0 Å². The van der Waals surface area contributed by atoms with Crippen molar-refractivity contribution in [1.29, 1.82) is 0 Å². The van der Waals surface area contributed by atoms with Gasteiger partial charge >= 0.3 is 0 Å². The van der Waals surface area contributed by atoms with Gasteiger partial charge in [-0.2, -0.15) is 0 Å². The zero-order valence-corrected chi connectivity index (χ0v) is 10.8. The molecule has 0 spiro atoms. The Morgan fingerprint density at radius 3 is 2.36 bits per heavy atom. The number of alkyl halides is 1. The first kappa shape index (κ1) is 12.0. The first-order valence-corrected chi connectivity index (χ1v) is 6.09. The maximum atomic E-state index is 5.84. The molecule has 1 rings (SSSR count). The van der Waals surface area contributed by atoms with Crippen molar-refractivity contribution in [2.75, 3.05) is 12.0 Å². The Bertz CT molecular complexity index is 282. The Kier molecular flexibility index (Phi) is 4.42. The molecule has 0 aliphatic rings. The fourth-order valence-corrected chi connectivity index (χ4v) is 1.69. The molecule has 0 bridgehead atoms. The molecule has 1 N–H and O–H groups in total. The molecule has 0 aliphatic heterocycles. The van der Waals surface area contributed by atoms with Crippen molar-refractivity contribution in [3.63, 3.8) is 0 Å². The summed E-state index contributed by atoms with van der Waals surface area (Å²) in [4.78, 5) is 0. The zero-order chi connectivity index (χ0) is 10.6. The fraction of sp³-hybridized carbons (Fsp3) is 0.455. The Balaban J connectivity index is 2.75. The molecule has 78 valence electrons. The predicted octanol–water partition coefficient (Wildman–Crippen LogP) is 3.56. The van der Waals surface area contributed by atoms with E-state index < -0.39 is 0 Å². The smallest absolute Gasteiger partial charge is 0.0517 e. The van der Waals surface area contributed by atoms with Crippen LogP contribution in [0.15, 0.2) is 24.3 Å². The van der Waals surface area contributed by atoms with E-state index in [1.165, 1.54) is 5.56 Å². The van der Waals surface area contributed by atoms with Crippen molar-refractivity contribution in [3.05, 3.63) is 34.9 Å². The van der Waals surface area contributed by atoms with Crippen LogP contribution in [0.25, 0.3) is 0 Å². The summed E-state index contributed by atoms with van der Waals surface area (Å²) in [6, 6.07) is 8.04. The largest absolute Gasteiger partial charge is 0.306 e. The zero-order valence-electron chi connectivity index (χ0n) is 8.48. The van der Waals surface area contributed by atoms with Gasteiger partial charge < -0.3 is 5.32 Å². The highest BCUT2D eigenvalue weighted by atomic mass is 79.9. The van der Waals surface area contributed by atoms with Crippen molar-refractivity contribution < 1.29 is 0 Å². The second-order valence-corrected chi connectivity index (χ2v) is 4.95. The van der Waals surface area contributed by atoms with Gasteiger partial charge in [-0.25, -0.2) is 0 Å². The SMILES string of the molecule is CC(C)(CNCBr)c1ccc(Cl)cc1. The maximum Gasteiger partial charge on any atom is 0.0517 e. The van der Waals surface area contributed by atoms with Crippen LogP contribution >= 0.6 is 27.5 Å². The summed E-state index contributed by atoms with van der Waals surface area (Å²) in [6.07, 6.45) is 0. The van der Waals surface area contributed by atoms with Gasteiger partial charge in [0.2, 0.25) is 0 Å². The second-order valence-electron chi connectivity index (χ2n) is 3.95. The van der Waals surface area contributed by atoms with Gasteiger partial charge in [0.1, 0.15) is 0 Å². The van der Waals surface area contributed by atoms with E-state index in [9.17, 15) is 0 Å². The number of rotatable bonds is 4. The number of halogens is 2. The van der Waals surface area contributed by atoms with E-state index in [2.05, 4.69) is 47.2 Å². The molecular weight excluding hydrogens is 261 g/mol. The molecule has 14 heavy (non-hydrogen) atoms. The average molecular weight is 277 g/mol. The third kappa shape index (κ3) is 3.26. The summed E-state index contributed by atoms with van der Waals surface area (Å²) < 4.78 is 0. The molecule has 1 aromatic carbocycles. The van der Waals surface area contributed by atoms with Crippen LogP contribution in [0.4, 0.5) is 0 Å². The lowest BCUT2D eigenvalue weighted by Crippen LogP contribution is -2.32. The Morgan fingerprint density at radius 2 is 1.86 bits per heavy atom. The molecule has 0 radical (unpaired) electrons. The highest BCUT2D eigenvalue weighted by Crippen LogP contribution is 2.23. The number of hydrogen-bond acceptors (Lipinski definition) is 1. The van der Waals surface area contributed by atoms with Crippen molar-refractivity contribution in [2.24, 2.45) is 0 Å². The Hall–Kier alpha value is -0.0500. The van der Waals surface area contributed by atoms with Gasteiger partial charge in [0.25, 0.3) is 0 Å². The Labute approximate surface area is 99.0 Å². The first-order chi connectivity index (χ1) is 6.56. The highest BCUT2D eigenvalue weighted by Gasteiger charge is 2.19. The van der Waals surface area contributed by atoms with Crippen molar-refractivity contribution >= 4 is 27.5 Å². The lowest BCUT2D eigenvalue weighted by molar-refractivity contribution is 0.491. The minimum Gasteiger partial charge on any atom is -0.306 e. The van der Waals surface area contributed by atoms with Gasteiger partial charge in [-0.15, -0.1) is 0 Å². The molecule has 1 aromatic rings. The molecule has 3 heteroatoms. The molecule has 0 saturated carbocycles. The van der Waals surface area contributed by atoms with Gasteiger partial charge in [0.05, 0.1) is 5.45 Å². The summed E-state index contributed by atoms with van der Waals surface area (Å²) in [7, 11) is 0. The topological polar surface area (TPSA) is 12.0 Å². The van der Waals surface area contributed by atoms with Crippen LogP contribution in [0.1, 0.15) is 19.4 Å². The second kappa shape index (κ2) is 5.15. The molecule has 1 nitrogen and oxygen atoms in total. The van der Waals surface area contributed by atoms with E-state index in [-0.39, 0.29) is 5.41 Å². The van der Waals surface area contributed by atoms with Gasteiger partial charge in [0, 0.05) is 17.0 Å². The molecule has 0 aromatic heterocycles. The number of benzene rings is 1. The van der Waals surface area contributed by atoms with Crippen molar-refractivity contribution in [3.8, 4) is 0 Å². The highest BCUT2D eigenvalue weighted by molar-refractivity contribution is 9.09. The molecule has 0 saturated heterocycles. The maximum absolute atomic E-state index is 5.84. The average Bonchev–Trinajstić information content (AvgIpc) is 2.16. The molecule has 0 aliphatic carbocycles. The third-order valence-electron chi connectivity index (χ3n) is 2.29.